The summed E-state index contributed by atoms with van der Waals surface area (Å²) in [5.74, 6) is -0.162. The maximum absolute atomic E-state index is 12.2. The highest BCUT2D eigenvalue weighted by Gasteiger charge is 1.88. The number of hydrogen-bond donors (Lipinski definition) is 0. The first-order valence-electron chi connectivity index (χ1n) is 17.5. The Labute approximate surface area is 353 Å². The van der Waals surface area contributed by atoms with Gasteiger partial charge >= 0.3 is 0 Å². The van der Waals surface area contributed by atoms with Crippen molar-refractivity contribution in [2.45, 2.75) is 96.9 Å². The third kappa shape index (κ3) is 40.4. The lowest BCUT2D eigenvalue weighted by Crippen LogP contribution is -1.73. The molecule has 5 aromatic carbocycles. The van der Waals surface area contributed by atoms with Crippen LogP contribution in [-0.2, 0) is 0 Å². The minimum absolute atomic E-state index is 0.162. The van der Waals surface area contributed by atoms with Crippen LogP contribution in [0.25, 0.3) is 0 Å². The fraction of sp³-hybridized carbons (Fsp3) is 0.311. The highest BCUT2D eigenvalue weighted by atomic mass is 127. The van der Waals surface area contributed by atoms with Gasteiger partial charge in [0.2, 0.25) is 0 Å². The van der Waals surface area contributed by atoms with Gasteiger partial charge in [0.05, 0.1) is 11.6 Å². The van der Waals surface area contributed by atoms with Gasteiger partial charge in [0.15, 0.2) is 0 Å². The van der Waals surface area contributed by atoms with Gasteiger partial charge in [0.25, 0.3) is 0 Å². The number of halogens is 5. The summed E-state index contributed by atoms with van der Waals surface area (Å²) in [4.78, 5) is 0. The minimum atomic E-state index is -0.162. The summed E-state index contributed by atoms with van der Waals surface area (Å²) < 4.78 is 15.7. The standard InChI is InChI=1S/C7H7Br.C7H7Cl.C7H7F.C7H4IN.C7H7I.5C2H6/c3*1-6-3-2-4-7(8)5-6;8-7-3-1-2-6(4-7)5-9;1-6-3-2-4-7(8)5-6;5*1-2/h3*2-5H,1H3;1-4H;2-5H,1H3;5*1-2H3. The molecule has 6 heteroatoms. The summed E-state index contributed by atoms with van der Waals surface area (Å²) in [6.45, 7) is 28.1. The molecule has 1 nitrogen and oxygen atoms in total. The highest BCUT2D eigenvalue weighted by molar-refractivity contribution is 14.1. The highest BCUT2D eigenvalue weighted by Crippen LogP contribution is 2.10. The molecule has 0 saturated heterocycles. The Kier molecular flexibility index (Phi) is 50.0. The van der Waals surface area contributed by atoms with Crippen LogP contribution in [0.2, 0.25) is 5.02 Å². The Morgan fingerprint density at radius 3 is 1.12 bits per heavy atom. The van der Waals surface area contributed by atoms with Gasteiger partial charge in [-0.15, -0.1) is 0 Å². The van der Waals surface area contributed by atoms with Gasteiger partial charge in [0, 0.05) is 16.6 Å². The van der Waals surface area contributed by atoms with Crippen molar-refractivity contribution in [1.29, 1.82) is 5.26 Å². The second-order valence-corrected chi connectivity index (χ2v) is 12.7. The molecule has 0 aliphatic carbocycles. The lowest BCUT2D eigenvalue weighted by Gasteiger charge is -1.89. The zero-order valence-corrected chi connectivity index (χ0v) is 40.0. The number of hydrogen-bond acceptors (Lipinski definition) is 1. The number of nitrogens with zero attached hydrogens (tertiary/aromatic N) is 1. The Hall–Kier alpha value is -2.25. The van der Waals surface area contributed by atoms with Gasteiger partial charge in [-0.2, -0.15) is 5.26 Å². The first-order valence-corrected chi connectivity index (χ1v) is 20.9. The predicted octanol–water partition coefficient (Wildman–Crippen LogP) is 17.4. The third-order valence-corrected chi connectivity index (χ3v) is 6.94. The van der Waals surface area contributed by atoms with Gasteiger partial charge < -0.3 is 0 Å². The molecule has 0 heterocycles. The summed E-state index contributed by atoms with van der Waals surface area (Å²) in [5.41, 5.74) is 5.51. The normalized spacial score (nSPS) is 7.88. The minimum Gasteiger partial charge on any atom is -0.207 e. The van der Waals surface area contributed by atoms with Crippen LogP contribution in [0.3, 0.4) is 0 Å². The number of aryl methyl sites for hydroxylation is 4. The molecular formula is C45H62BrClFI2N. The van der Waals surface area contributed by atoms with Crippen molar-refractivity contribution in [3.8, 4) is 6.07 Å². The zero-order valence-electron chi connectivity index (χ0n) is 33.4. The Morgan fingerprint density at radius 1 is 0.510 bits per heavy atom. The van der Waals surface area contributed by atoms with Crippen LogP contribution in [0.15, 0.2) is 126 Å². The Morgan fingerprint density at radius 2 is 0.882 bits per heavy atom. The largest absolute Gasteiger partial charge is 0.207 e. The average molecular weight is 1010 g/mol. The molecular weight excluding hydrogens is 943 g/mol. The molecule has 0 radical (unpaired) electrons. The van der Waals surface area contributed by atoms with Crippen molar-refractivity contribution in [3.05, 3.63) is 172 Å². The van der Waals surface area contributed by atoms with Gasteiger partial charge in [-0.1, -0.05) is 162 Å². The first kappa shape index (κ1) is 58.1. The molecule has 51 heavy (non-hydrogen) atoms. The van der Waals surface area contributed by atoms with Crippen molar-refractivity contribution >= 4 is 72.7 Å². The van der Waals surface area contributed by atoms with Crippen LogP contribution in [0.1, 0.15) is 97.1 Å². The lowest BCUT2D eigenvalue weighted by atomic mass is 10.2. The van der Waals surface area contributed by atoms with Crippen molar-refractivity contribution in [3.63, 3.8) is 0 Å². The fourth-order valence-corrected chi connectivity index (χ4v) is 4.98. The van der Waals surface area contributed by atoms with Crippen molar-refractivity contribution in [2.75, 3.05) is 0 Å². The number of nitriles is 1. The van der Waals surface area contributed by atoms with E-state index in [0.29, 0.717) is 0 Å². The molecule has 5 rings (SSSR count). The van der Waals surface area contributed by atoms with E-state index in [1.165, 1.54) is 32.4 Å². The van der Waals surface area contributed by atoms with E-state index in [9.17, 15) is 4.39 Å². The maximum Gasteiger partial charge on any atom is 0.123 e. The molecule has 0 bridgehead atoms. The Bertz CT molecular complexity index is 1280. The lowest BCUT2D eigenvalue weighted by molar-refractivity contribution is 0.626. The van der Waals surface area contributed by atoms with E-state index < -0.39 is 0 Å². The molecule has 0 atom stereocenters. The third-order valence-electron chi connectivity index (χ3n) is 4.87. The van der Waals surface area contributed by atoms with Crippen molar-refractivity contribution < 1.29 is 4.39 Å². The molecule has 0 amide bonds. The summed E-state index contributed by atoms with van der Waals surface area (Å²) in [5, 5.41) is 9.22. The molecule has 0 aliphatic heterocycles. The van der Waals surface area contributed by atoms with E-state index in [1.54, 1.807) is 12.1 Å². The van der Waals surface area contributed by atoms with Crippen LogP contribution in [-0.4, -0.2) is 0 Å². The van der Waals surface area contributed by atoms with E-state index in [-0.39, 0.29) is 5.82 Å². The predicted molar refractivity (Wildman–Crippen MR) is 251 cm³/mol. The van der Waals surface area contributed by atoms with E-state index in [0.717, 1.165) is 24.2 Å². The van der Waals surface area contributed by atoms with Crippen molar-refractivity contribution in [2.24, 2.45) is 0 Å². The molecule has 5 aromatic rings. The molecule has 0 spiro atoms. The van der Waals surface area contributed by atoms with Gasteiger partial charge in [0.1, 0.15) is 5.82 Å². The molecule has 0 aromatic heterocycles. The quantitative estimate of drug-likeness (QED) is 0.142. The molecule has 0 fully saturated rings. The smallest absolute Gasteiger partial charge is 0.123 e. The zero-order chi connectivity index (χ0) is 40.6. The van der Waals surface area contributed by atoms with Gasteiger partial charge in [-0.05, 0) is 151 Å². The van der Waals surface area contributed by atoms with Crippen molar-refractivity contribution in [1.82, 2.24) is 0 Å². The molecule has 0 N–H and O–H groups in total. The van der Waals surface area contributed by atoms with Crippen LogP contribution in [0.4, 0.5) is 4.39 Å². The second-order valence-electron chi connectivity index (χ2n) is 8.82. The molecule has 0 aliphatic rings. The Balaban J connectivity index is -0.000000163. The van der Waals surface area contributed by atoms with Gasteiger partial charge in [-0.3, -0.25) is 0 Å². The van der Waals surface area contributed by atoms with Crippen LogP contribution in [0.5, 0.6) is 0 Å². The van der Waals surface area contributed by atoms with Crippen LogP contribution >= 0.6 is 72.7 Å². The van der Waals surface area contributed by atoms with Crippen LogP contribution in [0, 0.1) is 52.0 Å². The number of rotatable bonds is 0. The van der Waals surface area contributed by atoms with Crippen LogP contribution < -0.4 is 0 Å². The maximum atomic E-state index is 12.2. The van der Waals surface area contributed by atoms with E-state index in [4.69, 9.17) is 16.9 Å². The summed E-state index contributed by atoms with van der Waals surface area (Å²) >= 11 is 13.5. The van der Waals surface area contributed by atoms with E-state index >= 15 is 0 Å². The fourth-order valence-electron chi connectivity index (χ4n) is 2.98. The molecule has 0 saturated carbocycles. The summed E-state index contributed by atoms with van der Waals surface area (Å²) in [6, 6.07) is 40.4. The summed E-state index contributed by atoms with van der Waals surface area (Å²) in [6.07, 6.45) is 0. The van der Waals surface area contributed by atoms with E-state index in [2.05, 4.69) is 117 Å². The first-order chi connectivity index (χ1) is 24.5. The van der Waals surface area contributed by atoms with E-state index in [1.807, 2.05) is 144 Å². The average Bonchev–Trinajstić information content (AvgIpc) is 3.13. The molecule has 0 unspecified atom stereocenters. The number of benzene rings is 5. The van der Waals surface area contributed by atoms with Gasteiger partial charge in [-0.25, -0.2) is 4.39 Å². The SMILES string of the molecule is CC.CC.CC.CC.CC.Cc1cccc(Br)c1.Cc1cccc(Cl)c1.Cc1cccc(F)c1.Cc1cccc(I)c1.N#Cc1cccc(I)c1. The topological polar surface area (TPSA) is 23.8 Å². The summed E-state index contributed by atoms with van der Waals surface area (Å²) in [7, 11) is 0. The monoisotopic (exact) mass is 1000 g/mol. The second kappa shape index (κ2) is 43.9. The molecule has 282 valence electrons.